The maximum Gasteiger partial charge on any atom is 0.239 e. The minimum absolute atomic E-state index is 0.0361. The van der Waals surface area contributed by atoms with Crippen LogP contribution in [0.3, 0.4) is 0 Å². The molecule has 2 fully saturated rings. The SMILES string of the molecule is CN(C(=O)Cc1ccc2c(c1)NC(=O)CS2(=O)=O)C(CN1CCCC1)c1cccc(C2CC2)c1. The van der Waals surface area contributed by atoms with Gasteiger partial charge in [-0.3, -0.25) is 9.59 Å². The predicted octanol–water partition coefficient (Wildman–Crippen LogP) is 3.13. The summed E-state index contributed by atoms with van der Waals surface area (Å²) in [7, 11) is -1.78. The number of anilines is 1. The number of hydrogen-bond donors (Lipinski definition) is 1. The van der Waals surface area contributed by atoms with Gasteiger partial charge < -0.3 is 15.1 Å². The van der Waals surface area contributed by atoms with E-state index >= 15 is 0 Å². The summed E-state index contributed by atoms with van der Waals surface area (Å²) in [6, 6.07) is 13.4. The van der Waals surface area contributed by atoms with Crippen LogP contribution in [-0.4, -0.2) is 62.5 Å². The van der Waals surface area contributed by atoms with Crippen LogP contribution in [0.4, 0.5) is 5.69 Å². The van der Waals surface area contributed by atoms with Crippen molar-refractivity contribution in [2.45, 2.75) is 49.0 Å². The molecule has 2 aromatic rings. The number of amides is 2. The van der Waals surface area contributed by atoms with Gasteiger partial charge in [0.25, 0.3) is 0 Å². The van der Waals surface area contributed by atoms with E-state index in [0.717, 1.165) is 25.2 Å². The van der Waals surface area contributed by atoms with E-state index in [1.165, 1.54) is 37.3 Å². The third-order valence-electron chi connectivity index (χ3n) is 7.16. The quantitative estimate of drug-likeness (QED) is 0.657. The second-order valence-corrected chi connectivity index (χ2v) is 11.7. The molecule has 180 valence electrons. The highest BCUT2D eigenvalue weighted by Crippen LogP contribution is 2.41. The Kier molecular flexibility index (Phi) is 6.20. The van der Waals surface area contributed by atoms with Crippen LogP contribution in [0.5, 0.6) is 0 Å². The van der Waals surface area contributed by atoms with Crippen LogP contribution >= 0.6 is 0 Å². The highest BCUT2D eigenvalue weighted by Gasteiger charge is 2.31. The molecular formula is C26H31N3O4S. The summed E-state index contributed by atoms with van der Waals surface area (Å²) in [6.45, 7) is 2.91. The van der Waals surface area contributed by atoms with Gasteiger partial charge in [-0.1, -0.05) is 30.3 Å². The molecule has 5 rings (SSSR count). The smallest absolute Gasteiger partial charge is 0.239 e. The van der Waals surface area contributed by atoms with Crippen LogP contribution in [0.1, 0.15) is 54.3 Å². The maximum absolute atomic E-state index is 13.4. The number of likely N-dealkylation sites (N-methyl/N-ethyl adjacent to an activating group) is 1. The van der Waals surface area contributed by atoms with Crippen molar-refractivity contribution in [3.63, 3.8) is 0 Å². The molecule has 0 radical (unpaired) electrons. The normalized spacial score (nSPS) is 20.4. The van der Waals surface area contributed by atoms with Crippen molar-refractivity contribution in [3.05, 3.63) is 59.2 Å². The standard InChI is InChI=1S/C26H31N3O4S/c1-28(26(31)14-18-7-10-24-22(13-18)27-25(30)17-34(24,32)33)23(16-29-11-2-3-12-29)21-6-4-5-20(15-21)19-8-9-19/h4-7,10,13,15,19,23H,2-3,8-9,11-12,14,16-17H2,1H3,(H,27,30). The van der Waals surface area contributed by atoms with E-state index in [4.69, 9.17) is 0 Å². The summed E-state index contributed by atoms with van der Waals surface area (Å²) in [5.74, 6) is -0.477. The fourth-order valence-electron chi connectivity index (χ4n) is 5.06. The Balaban J connectivity index is 1.37. The highest BCUT2D eigenvalue weighted by molar-refractivity contribution is 7.92. The molecule has 1 saturated heterocycles. The number of likely N-dealkylation sites (tertiary alicyclic amines) is 1. The topological polar surface area (TPSA) is 86.8 Å². The molecule has 2 amide bonds. The number of rotatable bonds is 7. The van der Waals surface area contributed by atoms with Crippen LogP contribution < -0.4 is 5.32 Å². The van der Waals surface area contributed by atoms with Gasteiger partial charge in [0.2, 0.25) is 11.8 Å². The molecule has 3 aliphatic rings. The summed E-state index contributed by atoms with van der Waals surface area (Å²) in [5, 5.41) is 2.63. The van der Waals surface area contributed by atoms with Crippen molar-refractivity contribution in [3.8, 4) is 0 Å². The monoisotopic (exact) mass is 481 g/mol. The number of hydrogen-bond acceptors (Lipinski definition) is 5. The molecule has 1 N–H and O–H groups in total. The number of carbonyl (C=O) groups excluding carboxylic acids is 2. The lowest BCUT2D eigenvalue weighted by atomic mass is 9.99. The lowest BCUT2D eigenvalue weighted by Crippen LogP contribution is -2.39. The number of nitrogens with one attached hydrogen (secondary N) is 1. The molecule has 0 bridgehead atoms. The molecule has 1 atom stereocenters. The zero-order valence-electron chi connectivity index (χ0n) is 19.5. The Morgan fingerprint density at radius 2 is 1.91 bits per heavy atom. The van der Waals surface area contributed by atoms with E-state index < -0.39 is 21.5 Å². The fourth-order valence-corrected chi connectivity index (χ4v) is 6.36. The van der Waals surface area contributed by atoms with Crippen LogP contribution in [0.25, 0.3) is 0 Å². The third kappa shape index (κ3) is 4.88. The predicted molar refractivity (Wildman–Crippen MR) is 130 cm³/mol. The van der Waals surface area contributed by atoms with Crippen molar-refractivity contribution in [2.75, 3.05) is 37.8 Å². The fraction of sp³-hybridized carbons (Fsp3) is 0.462. The Bertz CT molecular complexity index is 1220. The molecule has 2 aromatic carbocycles. The van der Waals surface area contributed by atoms with Gasteiger partial charge in [-0.05, 0) is 73.5 Å². The summed E-state index contributed by atoms with van der Waals surface area (Å²) in [6.07, 6.45) is 4.99. The molecule has 2 aliphatic heterocycles. The van der Waals surface area contributed by atoms with Gasteiger partial charge in [0, 0.05) is 13.6 Å². The zero-order valence-corrected chi connectivity index (χ0v) is 20.3. The Morgan fingerprint density at radius 1 is 1.15 bits per heavy atom. The second-order valence-electron chi connectivity index (χ2n) is 9.79. The Labute approximate surface area is 201 Å². The van der Waals surface area contributed by atoms with Crippen molar-refractivity contribution < 1.29 is 18.0 Å². The molecule has 2 heterocycles. The van der Waals surface area contributed by atoms with Gasteiger partial charge in [0.15, 0.2) is 9.84 Å². The molecular weight excluding hydrogens is 450 g/mol. The molecule has 0 spiro atoms. The van der Waals surface area contributed by atoms with Gasteiger partial charge in [-0.15, -0.1) is 0 Å². The van der Waals surface area contributed by atoms with Crippen molar-refractivity contribution >= 4 is 27.3 Å². The van der Waals surface area contributed by atoms with Gasteiger partial charge in [0.1, 0.15) is 5.75 Å². The first kappa shape index (κ1) is 23.1. The summed E-state index contributed by atoms with van der Waals surface area (Å²) in [4.78, 5) is 29.6. The average Bonchev–Trinajstić information content (AvgIpc) is 3.52. The van der Waals surface area contributed by atoms with E-state index in [0.29, 0.717) is 11.5 Å². The molecule has 34 heavy (non-hydrogen) atoms. The van der Waals surface area contributed by atoms with E-state index in [1.54, 1.807) is 12.1 Å². The number of fused-ring (bicyclic) bond motifs is 1. The van der Waals surface area contributed by atoms with Crippen LogP contribution in [-0.2, 0) is 25.8 Å². The van der Waals surface area contributed by atoms with Crippen molar-refractivity contribution in [2.24, 2.45) is 0 Å². The zero-order chi connectivity index (χ0) is 23.9. The third-order valence-corrected chi connectivity index (χ3v) is 8.83. The van der Waals surface area contributed by atoms with Crippen LogP contribution in [0.2, 0.25) is 0 Å². The lowest BCUT2D eigenvalue weighted by molar-refractivity contribution is -0.131. The first-order valence-corrected chi connectivity index (χ1v) is 13.7. The largest absolute Gasteiger partial charge is 0.337 e. The van der Waals surface area contributed by atoms with Gasteiger partial charge in [0.05, 0.1) is 23.0 Å². The van der Waals surface area contributed by atoms with E-state index in [2.05, 4.69) is 34.5 Å². The number of nitrogens with zero attached hydrogens (tertiary/aromatic N) is 2. The van der Waals surface area contributed by atoms with Crippen molar-refractivity contribution in [1.29, 1.82) is 0 Å². The Morgan fingerprint density at radius 3 is 2.65 bits per heavy atom. The second kappa shape index (κ2) is 9.15. The molecule has 0 aromatic heterocycles. The van der Waals surface area contributed by atoms with E-state index in [9.17, 15) is 18.0 Å². The van der Waals surface area contributed by atoms with E-state index in [1.807, 2.05) is 11.9 Å². The van der Waals surface area contributed by atoms with E-state index in [-0.39, 0.29) is 29.0 Å². The highest BCUT2D eigenvalue weighted by atomic mass is 32.2. The first-order chi connectivity index (χ1) is 16.3. The molecule has 7 nitrogen and oxygen atoms in total. The van der Waals surface area contributed by atoms with Crippen molar-refractivity contribution in [1.82, 2.24) is 9.80 Å². The minimum Gasteiger partial charge on any atom is -0.337 e. The van der Waals surface area contributed by atoms with Gasteiger partial charge >= 0.3 is 0 Å². The van der Waals surface area contributed by atoms with Gasteiger partial charge in [-0.25, -0.2) is 8.42 Å². The van der Waals surface area contributed by atoms with Crippen LogP contribution in [0, 0.1) is 0 Å². The summed E-state index contributed by atoms with van der Waals surface area (Å²) < 4.78 is 24.6. The Hall–Kier alpha value is -2.71. The first-order valence-electron chi connectivity index (χ1n) is 12.0. The van der Waals surface area contributed by atoms with Gasteiger partial charge in [-0.2, -0.15) is 0 Å². The number of sulfone groups is 1. The lowest BCUT2D eigenvalue weighted by Gasteiger charge is -2.32. The number of benzene rings is 2. The maximum atomic E-state index is 13.4. The number of carbonyl (C=O) groups is 2. The molecule has 1 unspecified atom stereocenters. The molecule has 1 aliphatic carbocycles. The molecule has 8 heteroatoms. The minimum atomic E-state index is -3.63. The summed E-state index contributed by atoms with van der Waals surface area (Å²) in [5.41, 5.74) is 3.46. The molecule has 1 saturated carbocycles. The average molecular weight is 482 g/mol. The van der Waals surface area contributed by atoms with Crippen LogP contribution in [0.15, 0.2) is 47.4 Å². The summed E-state index contributed by atoms with van der Waals surface area (Å²) >= 11 is 0.